The maximum Gasteiger partial charge on any atom is 0.148 e. The number of nitrogens with two attached hydrogens (primary N) is 1. The van der Waals surface area contributed by atoms with Gasteiger partial charge in [0.2, 0.25) is 0 Å². The molecule has 0 saturated carbocycles. The van der Waals surface area contributed by atoms with Crippen molar-refractivity contribution < 1.29 is 0 Å². The molecule has 0 unspecified atom stereocenters. The molecule has 2 rings (SSSR count). The summed E-state index contributed by atoms with van der Waals surface area (Å²) in [4.78, 5) is 0. The Kier molecular flexibility index (Phi) is 3.50. The largest absolute Gasteiger partial charge is 0.324 e. The molecule has 0 aliphatic heterocycles. The number of rotatable bonds is 2. The van der Waals surface area contributed by atoms with Gasteiger partial charge in [0.25, 0.3) is 0 Å². The molecule has 0 aliphatic rings. The summed E-state index contributed by atoms with van der Waals surface area (Å²) in [6, 6.07) is 5.96. The van der Waals surface area contributed by atoms with Gasteiger partial charge in [-0.2, -0.15) is 0 Å². The van der Waals surface area contributed by atoms with Gasteiger partial charge in [0.15, 0.2) is 0 Å². The van der Waals surface area contributed by atoms with Crippen molar-refractivity contribution in [2.45, 2.75) is 6.54 Å². The summed E-state index contributed by atoms with van der Waals surface area (Å²) in [5.41, 5.74) is 6.53. The zero-order valence-corrected chi connectivity index (χ0v) is 11.6. The Morgan fingerprint density at radius 3 is 2.67 bits per heavy atom. The second-order valence-electron chi connectivity index (χ2n) is 2.83. The van der Waals surface area contributed by atoms with Crippen LogP contribution in [0, 0.1) is 0 Å². The van der Waals surface area contributed by atoms with Gasteiger partial charge in [0.1, 0.15) is 10.0 Å². The van der Waals surface area contributed by atoms with Gasteiger partial charge < -0.3 is 5.73 Å². The lowest BCUT2D eigenvalue weighted by Gasteiger charge is -1.99. The van der Waals surface area contributed by atoms with Crippen molar-refractivity contribution in [2.75, 3.05) is 0 Å². The predicted molar refractivity (Wildman–Crippen MR) is 68.6 cm³/mol. The molecule has 0 fully saturated rings. The molecule has 3 nitrogen and oxygen atoms in total. The van der Waals surface area contributed by atoms with Gasteiger partial charge in [0, 0.05) is 21.1 Å². The second kappa shape index (κ2) is 4.69. The summed E-state index contributed by atoms with van der Waals surface area (Å²) < 4.78 is 2.03. The molecule has 0 amide bonds. The van der Waals surface area contributed by atoms with Crippen molar-refractivity contribution in [2.24, 2.45) is 5.73 Å². The van der Waals surface area contributed by atoms with Gasteiger partial charge in [-0.25, -0.2) is 0 Å². The molecule has 0 radical (unpaired) electrons. The average molecular weight is 349 g/mol. The van der Waals surface area contributed by atoms with E-state index in [2.05, 4.69) is 42.1 Å². The van der Waals surface area contributed by atoms with Crippen molar-refractivity contribution in [3.05, 3.63) is 32.2 Å². The molecule has 1 heterocycles. The van der Waals surface area contributed by atoms with Crippen molar-refractivity contribution >= 4 is 43.2 Å². The van der Waals surface area contributed by atoms with E-state index < -0.39 is 0 Å². The lowest BCUT2D eigenvalue weighted by molar-refractivity contribution is 0.960. The van der Waals surface area contributed by atoms with Crippen LogP contribution in [-0.4, -0.2) is 10.2 Å². The van der Waals surface area contributed by atoms with Crippen molar-refractivity contribution in [3.63, 3.8) is 0 Å². The highest BCUT2D eigenvalue weighted by Gasteiger charge is 2.09. The van der Waals surface area contributed by atoms with Crippen molar-refractivity contribution in [3.8, 4) is 10.6 Å². The van der Waals surface area contributed by atoms with Gasteiger partial charge in [-0.05, 0) is 18.2 Å². The second-order valence-corrected chi connectivity index (χ2v) is 5.66. The van der Waals surface area contributed by atoms with E-state index in [0.717, 1.165) is 24.5 Å². The normalized spacial score (nSPS) is 10.6. The molecule has 78 valence electrons. The van der Waals surface area contributed by atoms with E-state index in [-0.39, 0.29) is 0 Å². The summed E-state index contributed by atoms with van der Waals surface area (Å²) in [7, 11) is 0. The first kappa shape index (κ1) is 11.2. The quantitative estimate of drug-likeness (QED) is 0.906. The monoisotopic (exact) mass is 347 g/mol. The molecule has 0 aliphatic carbocycles. The molecule has 0 saturated heterocycles. The Bertz CT molecular complexity index is 484. The minimum absolute atomic E-state index is 0.436. The van der Waals surface area contributed by atoms with E-state index in [4.69, 9.17) is 5.73 Å². The van der Waals surface area contributed by atoms with E-state index in [1.807, 2.05) is 18.2 Å². The molecule has 2 N–H and O–H groups in total. The fourth-order valence-corrected chi connectivity index (χ4v) is 3.23. The van der Waals surface area contributed by atoms with Gasteiger partial charge in [-0.3, -0.25) is 0 Å². The first-order chi connectivity index (χ1) is 7.20. The van der Waals surface area contributed by atoms with Crippen LogP contribution in [0.3, 0.4) is 0 Å². The lowest BCUT2D eigenvalue weighted by Crippen LogP contribution is -1.94. The number of benzene rings is 1. The van der Waals surface area contributed by atoms with E-state index in [1.165, 1.54) is 11.3 Å². The Morgan fingerprint density at radius 1 is 1.27 bits per heavy atom. The highest BCUT2D eigenvalue weighted by Crippen LogP contribution is 2.32. The fraction of sp³-hybridized carbons (Fsp3) is 0.111. The maximum absolute atomic E-state index is 5.49. The van der Waals surface area contributed by atoms with Crippen LogP contribution < -0.4 is 5.73 Å². The highest BCUT2D eigenvalue weighted by molar-refractivity contribution is 9.11. The third kappa shape index (κ3) is 2.44. The van der Waals surface area contributed by atoms with Gasteiger partial charge in [-0.1, -0.05) is 43.2 Å². The molecular weight excluding hydrogens is 342 g/mol. The Morgan fingerprint density at radius 2 is 2.07 bits per heavy atom. The van der Waals surface area contributed by atoms with Crippen molar-refractivity contribution in [1.29, 1.82) is 0 Å². The number of aromatic nitrogens is 2. The topological polar surface area (TPSA) is 51.8 Å². The molecular formula is C9H7Br2N3S. The summed E-state index contributed by atoms with van der Waals surface area (Å²) in [5.74, 6) is 0. The summed E-state index contributed by atoms with van der Waals surface area (Å²) in [5, 5.41) is 9.81. The van der Waals surface area contributed by atoms with Crippen molar-refractivity contribution in [1.82, 2.24) is 10.2 Å². The average Bonchev–Trinajstić information content (AvgIpc) is 2.66. The van der Waals surface area contributed by atoms with Crippen LogP contribution in [0.25, 0.3) is 10.6 Å². The first-order valence-electron chi connectivity index (χ1n) is 4.18. The third-order valence-corrected chi connectivity index (χ3v) is 3.93. The zero-order valence-electron chi connectivity index (χ0n) is 7.58. The molecule has 0 spiro atoms. The first-order valence-corrected chi connectivity index (χ1v) is 6.59. The minimum atomic E-state index is 0.436. The number of hydrogen-bond acceptors (Lipinski definition) is 4. The SMILES string of the molecule is NCc1nnc(-c2ccc(Br)cc2Br)s1. The molecule has 15 heavy (non-hydrogen) atoms. The summed E-state index contributed by atoms with van der Waals surface area (Å²) in [6.45, 7) is 0.436. The predicted octanol–water partition coefficient (Wildman–Crippen LogP) is 3.19. The molecule has 0 bridgehead atoms. The Labute approximate surface area is 108 Å². The van der Waals surface area contributed by atoms with Crippen LogP contribution in [0.15, 0.2) is 27.1 Å². The van der Waals surface area contributed by atoms with E-state index in [9.17, 15) is 0 Å². The van der Waals surface area contributed by atoms with Gasteiger partial charge in [0.05, 0.1) is 0 Å². The van der Waals surface area contributed by atoms with Crippen LogP contribution in [-0.2, 0) is 6.54 Å². The van der Waals surface area contributed by atoms with Crippen LogP contribution in [0.5, 0.6) is 0 Å². The fourth-order valence-electron chi connectivity index (χ4n) is 1.11. The van der Waals surface area contributed by atoms with E-state index in [1.54, 1.807) is 0 Å². The Hall–Kier alpha value is -0.300. The van der Waals surface area contributed by atoms with Gasteiger partial charge in [-0.15, -0.1) is 10.2 Å². The third-order valence-electron chi connectivity index (χ3n) is 1.80. The molecule has 6 heteroatoms. The molecule has 1 aromatic heterocycles. The minimum Gasteiger partial charge on any atom is -0.324 e. The van der Waals surface area contributed by atoms with Crippen LogP contribution in [0.1, 0.15) is 5.01 Å². The van der Waals surface area contributed by atoms with E-state index in [0.29, 0.717) is 6.54 Å². The summed E-state index contributed by atoms with van der Waals surface area (Å²) in [6.07, 6.45) is 0. The maximum atomic E-state index is 5.49. The lowest BCUT2D eigenvalue weighted by atomic mass is 10.2. The zero-order chi connectivity index (χ0) is 10.8. The summed E-state index contributed by atoms with van der Waals surface area (Å²) >= 11 is 8.41. The standard InChI is InChI=1S/C9H7Br2N3S/c10-5-1-2-6(7(11)3-5)9-14-13-8(4-12)15-9/h1-3H,4,12H2. The number of hydrogen-bond donors (Lipinski definition) is 1. The molecule has 1 aromatic carbocycles. The number of halogens is 2. The van der Waals surface area contributed by atoms with Gasteiger partial charge >= 0.3 is 0 Å². The highest BCUT2D eigenvalue weighted by atomic mass is 79.9. The molecule has 0 atom stereocenters. The van der Waals surface area contributed by atoms with Crippen LogP contribution >= 0.6 is 43.2 Å². The van der Waals surface area contributed by atoms with Crippen LogP contribution in [0.2, 0.25) is 0 Å². The molecule has 2 aromatic rings. The number of nitrogens with zero attached hydrogens (tertiary/aromatic N) is 2. The Balaban J connectivity index is 2.44. The van der Waals surface area contributed by atoms with E-state index >= 15 is 0 Å². The smallest absolute Gasteiger partial charge is 0.148 e. The van der Waals surface area contributed by atoms with Crippen LogP contribution in [0.4, 0.5) is 0 Å².